The number of hydrogen-bond acceptors (Lipinski definition) is 5. The Labute approximate surface area is 217 Å². The number of nitrogens with one attached hydrogen (secondary N) is 1. The van der Waals surface area contributed by atoms with Crippen LogP contribution in [-0.2, 0) is 23.1 Å². The Balaban J connectivity index is 1.50. The van der Waals surface area contributed by atoms with E-state index in [2.05, 4.69) is 10.5 Å². The summed E-state index contributed by atoms with van der Waals surface area (Å²) in [7, 11) is -2.28. The van der Waals surface area contributed by atoms with Gasteiger partial charge in [-0.05, 0) is 53.1 Å². The lowest BCUT2D eigenvalue weighted by atomic mass is 10.1. The molecule has 4 aromatic rings. The van der Waals surface area contributed by atoms with Crippen LogP contribution in [0.15, 0.2) is 119 Å². The number of hydrazone groups is 1. The molecule has 188 valence electrons. The molecule has 0 fully saturated rings. The second-order valence-corrected chi connectivity index (χ2v) is 10.2. The Morgan fingerprint density at radius 1 is 0.811 bits per heavy atom. The van der Waals surface area contributed by atoms with E-state index in [4.69, 9.17) is 4.74 Å². The highest BCUT2D eigenvalue weighted by molar-refractivity contribution is 7.89. The van der Waals surface area contributed by atoms with Gasteiger partial charge in [-0.2, -0.15) is 9.41 Å². The quantitative estimate of drug-likeness (QED) is 0.243. The van der Waals surface area contributed by atoms with E-state index in [1.54, 1.807) is 42.6 Å². The van der Waals surface area contributed by atoms with Crippen LogP contribution in [0.25, 0.3) is 0 Å². The van der Waals surface area contributed by atoms with Crippen molar-refractivity contribution in [3.63, 3.8) is 0 Å². The monoisotopic (exact) mass is 513 g/mol. The lowest BCUT2D eigenvalue weighted by molar-refractivity contribution is 0.0955. The number of benzene rings is 4. The maximum Gasteiger partial charge on any atom is 0.271 e. The van der Waals surface area contributed by atoms with Crippen LogP contribution in [0.1, 0.15) is 27.0 Å². The fourth-order valence-corrected chi connectivity index (χ4v) is 5.06. The fourth-order valence-electron chi connectivity index (χ4n) is 3.64. The smallest absolute Gasteiger partial charge is 0.271 e. The summed E-state index contributed by atoms with van der Waals surface area (Å²) in [6, 6.07) is 32.0. The Morgan fingerprint density at radius 3 is 1.97 bits per heavy atom. The van der Waals surface area contributed by atoms with Crippen molar-refractivity contribution in [3.05, 3.63) is 131 Å². The van der Waals surface area contributed by atoms with Crippen LogP contribution in [0.2, 0.25) is 0 Å². The van der Waals surface area contributed by atoms with Gasteiger partial charge in [0, 0.05) is 18.7 Å². The summed E-state index contributed by atoms with van der Waals surface area (Å²) in [5.41, 5.74) is 5.41. The van der Waals surface area contributed by atoms with E-state index >= 15 is 0 Å². The van der Waals surface area contributed by atoms with Gasteiger partial charge in [-0.15, -0.1) is 0 Å². The number of nitrogens with zero attached hydrogens (tertiary/aromatic N) is 2. The maximum atomic E-state index is 13.6. The molecule has 1 amide bonds. The number of sulfonamides is 1. The van der Waals surface area contributed by atoms with Crippen molar-refractivity contribution < 1.29 is 17.9 Å². The van der Waals surface area contributed by atoms with Gasteiger partial charge in [-0.1, -0.05) is 72.8 Å². The molecule has 4 rings (SSSR count). The molecule has 4 aromatic carbocycles. The summed E-state index contributed by atoms with van der Waals surface area (Å²) in [4.78, 5) is 12.6. The summed E-state index contributed by atoms with van der Waals surface area (Å²) < 4.78 is 33.7. The summed E-state index contributed by atoms with van der Waals surface area (Å²) in [6.45, 7) is 0.336. The molecule has 0 aliphatic rings. The largest absolute Gasteiger partial charge is 0.497 e. The average molecular weight is 514 g/mol. The number of amides is 1. The Hall–Kier alpha value is -4.27. The van der Waals surface area contributed by atoms with Crippen molar-refractivity contribution in [2.45, 2.75) is 18.0 Å². The van der Waals surface area contributed by atoms with Gasteiger partial charge in [-0.3, -0.25) is 4.79 Å². The lowest BCUT2D eigenvalue weighted by Crippen LogP contribution is -2.30. The van der Waals surface area contributed by atoms with E-state index in [-0.39, 0.29) is 23.9 Å². The van der Waals surface area contributed by atoms with E-state index in [9.17, 15) is 13.2 Å². The van der Waals surface area contributed by atoms with Crippen LogP contribution in [0.3, 0.4) is 0 Å². The third-order valence-electron chi connectivity index (χ3n) is 5.65. The number of rotatable bonds is 10. The molecule has 0 aliphatic heterocycles. The minimum Gasteiger partial charge on any atom is -0.497 e. The number of carbonyl (C=O) groups excluding carboxylic acids is 1. The van der Waals surface area contributed by atoms with E-state index in [0.29, 0.717) is 11.3 Å². The van der Waals surface area contributed by atoms with Gasteiger partial charge in [0.15, 0.2) is 0 Å². The van der Waals surface area contributed by atoms with Crippen molar-refractivity contribution in [1.29, 1.82) is 0 Å². The van der Waals surface area contributed by atoms with Crippen molar-refractivity contribution in [2.24, 2.45) is 5.10 Å². The molecule has 37 heavy (non-hydrogen) atoms. The van der Waals surface area contributed by atoms with Gasteiger partial charge in [0.25, 0.3) is 5.91 Å². The Morgan fingerprint density at radius 2 is 1.38 bits per heavy atom. The van der Waals surface area contributed by atoms with Gasteiger partial charge < -0.3 is 4.74 Å². The Kier molecular flexibility index (Phi) is 8.45. The molecule has 0 unspecified atom stereocenters. The highest BCUT2D eigenvalue weighted by atomic mass is 32.2. The van der Waals surface area contributed by atoms with Crippen LogP contribution >= 0.6 is 0 Å². The van der Waals surface area contributed by atoms with Crippen LogP contribution < -0.4 is 10.2 Å². The van der Waals surface area contributed by atoms with E-state index < -0.39 is 10.0 Å². The second-order valence-electron chi connectivity index (χ2n) is 8.24. The predicted molar refractivity (Wildman–Crippen MR) is 144 cm³/mol. The molecule has 0 heterocycles. The zero-order chi connectivity index (χ0) is 26.1. The van der Waals surface area contributed by atoms with Crippen molar-refractivity contribution in [3.8, 4) is 5.75 Å². The molecule has 0 aromatic heterocycles. The predicted octanol–water partition coefficient (Wildman–Crippen LogP) is 4.85. The van der Waals surface area contributed by atoms with Gasteiger partial charge in [-0.25, -0.2) is 13.8 Å². The fraction of sp³-hybridized carbons (Fsp3) is 0.103. The highest BCUT2D eigenvalue weighted by Crippen LogP contribution is 2.23. The van der Waals surface area contributed by atoms with Crippen molar-refractivity contribution >= 4 is 22.1 Å². The molecule has 8 heteroatoms. The average Bonchev–Trinajstić information content (AvgIpc) is 2.94. The summed E-state index contributed by atoms with van der Waals surface area (Å²) in [5.74, 6) is 0.223. The number of hydrogen-bond donors (Lipinski definition) is 1. The van der Waals surface area contributed by atoms with Crippen molar-refractivity contribution in [2.75, 3.05) is 7.11 Å². The van der Waals surface area contributed by atoms with Crippen LogP contribution in [0, 0.1) is 0 Å². The van der Waals surface area contributed by atoms with Gasteiger partial charge in [0.1, 0.15) is 5.75 Å². The molecule has 0 radical (unpaired) electrons. The second kappa shape index (κ2) is 12.1. The van der Waals surface area contributed by atoms with Gasteiger partial charge in [0.2, 0.25) is 10.0 Å². The summed E-state index contributed by atoms with van der Waals surface area (Å²) >= 11 is 0. The Bertz CT molecular complexity index is 1440. The minimum absolute atomic E-state index is 0.136. The van der Waals surface area contributed by atoms with Gasteiger partial charge >= 0.3 is 0 Å². The third-order valence-corrected chi connectivity index (χ3v) is 7.46. The third kappa shape index (κ3) is 6.91. The molecular formula is C29H27N3O4S. The molecular weight excluding hydrogens is 486 g/mol. The first-order chi connectivity index (χ1) is 18.0. The van der Waals surface area contributed by atoms with Gasteiger partial charge in [0.05, 0.1) is 18.2 Å². The molecule has 0 saturated heterocycles. The molecule has 0 atom stereocenters. The molecule has 1 N–H and O–H groups in total. The molecule has 0 bridgehead atoms. The zero-order valence-corrected chi connectivity index (χ0v) is 21.1. The highest BCUT2D eigenvalue weighted by Gasteiger charge is 2.25. The first-order valence-electron chi connectivity index (χ1n) is 11.6. The van der Waals surface area contributed by atoms with E-state index in [1.807, 2.05) is 60.7 Å². The van der Waals surface area contributed by atoms with E-state index in [0.717, 1.165) is 16.7 Å². The first kappa shape index (κ1) is 25.8. The van der Waals surface area contributed by atoms with E-state index in [1.165, 1.54) is 23.5 Å². The number of ether oxygens (including phenoxy) is 1. The molecule has 0 aliphatic carbocycles. The SMILES string of the molecule is COc1ccc(S(=O)(=O)N(Cc2ccccc2)Cc2ccc(C(=O)N/N=C/c3ccccc3)cc2)cc1. The summed E-state index contributed by atoms with van der Waals surface area (Å²) in [6.07, 6.45) is 1.57. The van der Waals surface area contributed by atoms with Crippen molar-refractivity contribution in [1.82, 2.24) is 9.73 Å². The molecule has 7 nitrogen and oxygen atoms in total. The van der Waals surface area contributed by atoms with Crippen LogP contribution in [0.5, 0.6) is 5.75 Å². The normalized spacial score (nSPS) is 11.5. The standard InChI is InChI=1S/C29H27N3O4S/c1-36-27-16-18-28(19-17-27)37(34,35)32(21-24-10-6-3-7-11-24)22-25-12-14-26(15-13-25)29(33)31-30-20-23-8-4-2-5-9-23/h2-20H,21-22H2,1H3,(H,31,33)/b30-20+. The lowest BCUT2D eigenvalue weighted by Gasteiger charge is -2.23. The topological polar surface area (TPSA) is 88.1 Å². The maximum absolute atomic E-state index is 13.6. The molecule has 0 saturated carbocycles. The summed E-state index contributed by atoms with van der Waals surface area (Å²) in [5, 5.41) is 3.99. The first-order valence-corrected chi connectivity index (χ1v) is 13.1. The minimum atomic E-state index is -3.81. The number of carbonyl (C=O) groups is 1. The number of methoxy groups -OCH3 is 1. The zero-order valence-electron chi connectivity index (χ0n) is 20.3. The van der Waals surface area contributed by atoms with Crippen LogP contribution in [0.4, 0.5) is 0 Å². The molecule has 0 spiro atoms. The van der Waals surface area contributed by atoms with Crippen LogP contribution in [-0.4, -0.2) is 32.0 Å².